The Bertz CT molecular complexity index is 401. The van der Waals surface area contributed by atoms with Crippen molar-refractivity contribution in [2.24, 2.45) is 0 Å². The van der Waals surface area contributed by atoms with Gasteiger partial charge in [0.05, 0.1) is 0 Å². The maximum absolute atomic E-state index is 13.0. The summed E-state index contributed by atoms with van der Waals surface area (Å²) in [6.45, 7) is 0. The van der Waals surface area contributed by atoms with Gasteiger partial charge in [0.25, 0.3) is 0 Å². The summed E-state index contributed by atoms with van der Waals surface area (Å²) in [4.78, 5) is 11.3. The first-order chi connectivity index (χ1) is 6.50. The van der Waals surface area contributed by atoms with Gasteiger partial charge in [-0.15, -0.1) is 0 Å². The lowest BCUT2D eigenvalue weighted by Crippen LogP contribution is -2.34. The van der Waals surface area contributed by atoms with Crippen molar-refractivity contribution in [2.75, 3.05) is 0 Å². The minimum absolute atomic E-state index is 0.102. The van der Waals surface area contributed by atoms with Gasteiger partial charge in [-0.05, 0) is 30.2 Å². The van der Waals surface area contributed by atoms with Gasteiger partial charge in [0.15, 0.2) is 0 Å². The molecule has 0 amide bonds. The van der Waals surface area contributed by atoms with Crippen molar-refractivity contribution >= 4 is 17.4 Å². The molecule has 0 saturated heterocycles. The van der Waals surface area contributed by atoms with Crippen LogP contribution in [0.2, 0.25) is 5.02 Å². The minimum atomic E-state index is -3.21. The molecule has 0 atom stereocenters. The zero-order valence-electron chi connectivity index (χ0n) is 7.19. The summed E-state index contributed by atoms with van der Waals surface area (Å²) in [7, 11) is 0. The maximum Gasteiger partial charge on any atom is 0.310 e. The van der Waals surface area contributed by atoms with E-state index < -0.39 is 18.1 Å². The second-order valence-corrected chi connectivity index (χ2v) is 3.77. The van der Waals surface area contributed by atoms with Gasteiger partial charge in [-0.25, -0.2) is 0 Å². The summed E-state index contributed by atoms with van der Waals surface area (Å²) < 4.78 is 26.0. The molecular weight excluding hydrogens is 210 g/mol. The average Bonchev–Trinajstić information content (AvgIpc) is 2.12. The SMILES string of the molecule is O=C1c2ccc(Cl)cc2CCC1(F)F. The second-order valence-electron chi connectivity index (χ2n) is 3.34. The van der Waals surface area contributed by atoms with Crippen LogP contribution in [0.5, 0.6) is 0 Å². The molecule has 0 bridgehead atoms. The number of hydrogen-bond acceptors (Lipinski definition) is 1. The van der Waals surface area contributed by atoms with E-state index in [0.717, 1.165) is 0 Å². The third-order valence-electron chi connectivity index (χ3n) is 2.35. The number of fused-ring (bicyclic) bond motifs is 1. The summed E-state index contributed by atoms with van der Waals surface area (Å²) in [6.07, 6.45) is -0.214. The van der Waals surface area contributed by atoms with Crippen LogP contribution in [0.25, 0.3) is 0 Å². The van der Waals surface area contributed by atoms with Gasteiger partial charge >= 0.3 is 5.92 Å². The van der Waals surface area contributed by atoms with Crippen molar-refractivity contribution in [3.63, 3.8) is 0 Å². The molecular formula is C10H7ClF2O. The van der Waals surface area contributed by atoms with Crippen molar-refractivity contribution in [1.29, 1.82) is 0 Å². The number of carbonyl (C=O) groups excluding carboxylic acids is 1. The summed E-state index contributed by atoms with van der Waals surface area (Å²) in [6, 6.07) is 4.40. The van der Waals surface area contributed by atoms with Gasteiger partial charge in [-0.1, -0.05) is 11.6 Å². The predicted molar refractivity (Wildman–Crippen MR) is 49.1 cm³/mol. The first kappa shape index (κ1) is 9.59. The third kappa shape index (κ3) is 1.42. The number of ketones is 1. The summed E-state index contributed by atoms with van der Waals surface area (Å²) in [5.74, 6) is -4.30. The van der Waals surface area contributed by atoms with Gasteiger partial charge < -0.3 is 0 Å². The van der Waals surface area contributed by atoms with Crippen LogP contribution in [0, 0.1) is 0 Å². The molecule has 0 heterocycles. The molecule has 1 aromatic carbocycles. The molecule has 1 nitrogen and oxygen atoms in total. The number of carbonyl (C=O) groups is 1. The van der Waals surface area contributed by atoms with E-state index in [1.807, 2.05) is 0 Å². The average molecular weight is 217 g/mol. The molecule has 2 rings (SSSR count). The molecule has 1 aromatic rings. The summed E-state index contributed by atoms with van der Waals surface area (Å²) in [5, 5.41) is 0.474. The Morgan fingerprint density at radius 2 is 2.07 bits per heavy atom. The smallest absolute Gasteiger partial charge is 0.287 e. The number of aryl methyl sites for hydroxylation is 1. The van der Waals surface area contributed by atoms with Crippen LogP contribution >= 0.6 is 11.6 Å². The van der Waals surface area contributed by atoms with Crippen molar-refractivity contribution in [3.8, 4) is 0 Å². The molecule has 1 aliphatic rings. The molecule has 0 aromatic heterocycles. The van der Waals surface area contributed by atoms with E-state index in [1.165, 1.54) is 12.1 Å². The quantitative estimate of drug-likeness (QED) is 0.651. The molecule has 0 unspecified atom stereocenters. The Morgan fingerprint density at radius 3 is 2.79 bits per heavy atom. The monoisotopic (exact) mass is 216 g/mol. The van der Waals surface area contributed by atoms with Crippen molar-refractivity contribution in [3.05, 3.63) is 34.3 Å². The number of halogens is 3. The normalized spacial score (nSPS) is 19.2. The fraction of sp³-hybridized carbons (Fsp3) is 0.300. The van der Waals surface area contributed by atoms with Crippen LogP contribution in [0.15, 0.2) is 18.2 Å². The van der Waals surface area contributed by atoms with E-state index in [2.05, 4.69) is 0 Å². The van der Waals surface area contributed by atoms with E-state index in [1.54, 1.807) is 6.07 Å². The van der Waals surface area contributed by atoms with E-state index >= 15 is 0 Å². The lowest BCUT2D eigenvalue weighted by Gasteiger charge is -2.22. The van der Waals surface area contributed by atoms with Gasteiger partial charge in [-0.3, -0.25) is 4.79 Å². The number of hydrogen-bond donors (Lipinski definition) is 0. The van der Waals surface area contributed by atoms with Crippen LogP contribution in [0.1, 0.15) is 22.3 Å². The largest absolute Gasteiger partial charge is 0.310 e. The van der Waals surface area contributed by atoms with Crippen LogP contribution in [-0.2, 0) is 6.42 Å². The maximum atomic E-state index is 13.0. The number of benzene rings is 1. The standard InChI is InChI=1S/C10H7ClF2O/c11-7-1-2-8-6(5-7)3-4-10(12,13)9(8)14/h1-2,5H,3-4H2. The minimum Gasteiger partial charge on any atom is -0.287 e. The molecule has 74 valence electrons. The highest BCUT2D eigenvalue weighted by atomic mass is 35.5. The van der Waals surface area contributed by atoms with Crippen molar-refractivity contribution in [2.45, 2.75) is 18.8 Å². The highest BCUT2D eigenvalue weighted by molar-refractivity contribution is 6.30. The number of alkyl halides is 2. The van der Waals surface area contributed by atoms with Gasteiger partial charge in [0, 0.05) is 17.0 Å². The molecule has 0 aliphatic heterocycles. The van der Waals surface area contributed by atoms with Crippen LogP contribution in [0.4, 0.5) is 8.78 Å². The molecule has 0 radical (unpaired) electrons. The third-order valence-corrected chi connectivity index (χ3v) is 2.59. The second kappa shape index (κ2) is 3.02. The fourth-order valence-electron chi connectivity index (χ4n) is 1.59. The van der Waals surface area contributed by atoms with E-state index in [4.69, 9.17) is 11.6 Å². The Balaban J connectivity index is 2.52. The summed E-state index contributed by atoms with van der Waals surface area (Å²) >= 11 is 5.70. The Labute approximate surface area is 84.7 Å². The lowest BCUT2D eigenvalue weighted by atomic mass is 9.88. The zero-order chi connectivity index (χ0) is 10.3. The van der Waals surface area contributed by atoms with Gasteiger partial charge in [-0.2, -0.15) is 8.78 Å². The van der Waals surface area contributed by atoms with E-state index in [0.29, 0.717) is 10.6 Å². The fourth-order valence-corrected chi connectivity index (χ4v) is 1.79. The van der Waals surface area contributed by atoms with Crippen LogP contribution < -0.4 is 0 Å². The molecule has 0 spiro atoms. The van der Waals surface area contributed by atoms with E-state index in [9.17, 15) is 13.6 Å². The molecule has 4 heteroatoms. The zero-order valence-corrected chi connectivity index (χ0v) is 7.94. The lowest BCUT2D eigenvalue weighted by molar-refractivity contribution is 0.00203. The van der Waals surface area contributed by atoms with Crippen LogP contribution in [-0.4, -0.2) is 11.7 Å². The molecule has 0 fully saturated rings. The molecule has 0 N–H and O–H groups in total. The Kier molecular flexibility index (Phi) is 2.07. The first-order valence-electron chi connectivity index (χ1n) is 4.22. The van der Waals surface area contributed by atoms with Crippen LogP contribution in [0.3, 0.4) is 0 Å². The molecule has 14 heavy (non-hydrogen) atoms. The highest BCUT2D eigenvalue weighted by Gasteiger charge is 2.43. The van der Waals surface area contributed by atoms with Gasteiger partial charge in [0.2, 0.25) is 5.78 Å². The first-order valence-corrected chi connectivity index (χ1v) is 4.59. The summed E-state index contributed by atoms with van der Waals surface area (Å²) in [5.41, 5.74) is 0.721. The van der Waals surface area contributed by atoms with Crippen molar-refractivity contribution in [1.82, 2.24) is 0 Å². The number of Topliss-reactive ketones (excluding diaryl/α,β-unsaturated/α-hetero) is 1. The Morgan fingerprint density at radius 1 is 1.36 bits per heavy atom. The molecule has 0 saturated carbocycles. The van der Waals surface area contributed by atoms with E-state index in [-0.39, 0.29) is 12.0 Å². The highest BCUT2D eigenvalue weighted by Crippen LogP contribution is 2.33. The topological polar surface area (TPSA) is 17.1 Å². The number of rotatable bonds is 0. The molecule has 1 aliphatic carbocycles. The van der Waals surface area contributed by atoms with Crippen molar-refractivity contribution < 1.29 is 13.6 Å². The predicted octanol–water partition coefficient (Wildman–Crippen LogP) is 3.10. The van der Waals surface area contributed by atoms with Gasteiger partial charge in [0.1, 0.15) is 0 Å². The Hall–Kier alpha value is -0.960.